The van der Waals surface area contributed by atoms with Gasteiger partial charge in [-0.05, 0) is 44.5 Å². The molecular formula is C10H19F3N2S. The number of nitrogens with one attached hydrogen (secondary N) is 2. The Kier molecular flexibility index (Phi) is 5.92. The molecule has 1 saturated heterocycles. The second-order valence-electron chi connectivity index (χ2n) is 4.18. The molecule has 0 amide bonds. The Labute approximate surface area is 98.7 Å². The fraction of sp³-hybridized carbons (Fsp3) is 1.00. The molecule has 0 aromatic rings. The van der Waals surface area contributed by atoms with Gasteiger partial charge in [-0.3, -0.25) is 0 Å². The van der Waals surface area contributed by atoms with Gasteiger partial charge in [0.15, 0.2) is 0 Å². The highest BCUT2D eigenvalue weighted by Crippen LogP contribution is 2.29. The Morgan fingerprint density at radius 3 is 2.81 bits per heavy atom. The van der Waals surface area contributed by atoms with Crippen molar-refractivity contribution in [3.05, 3.63) is 0 Å². The second kappa shape index (κ2) is 6.71. The summed E-state index contributed by atoms with van der Waals surface area (Å²) in [6, 6.07) is 0.821. The van der Waals surface area contributed by atoms with Crippen LogP contribution in [0.15, 0.2) is 0 Å². The number of hydrogen-bond acceptors (Lipinski definition) is 3. The number of hydrogen-bond donors (Lipinski definition) is 2. The van der Waals surface area contributed by atoms with Crippen molar-refractivity contribution in [2.24, 2.45) is 0 Å². The van der Waals surface area contributed by atoms with Crippen LogP contribution < -0.4 is 10.6 Å². The Bertz CT molecular complexity index is 193. The van der Waals surface area contributed by atoms with Crippen LogP contribution in [0.2, 0.25) is 0 Å². The van der Waals surface area contributed by atoms with Crippen LogP contribution in [0.5, 0.6) is 0 Å². The number of halogens is 3. The molecule has 0 aliphatic carbocycles. The maximum absolute atomic E-state index is 11.8. The van der Waals surface area contributed by atoms with Crippen molar-refractivity contribution >= 4 is 11.8 Å². The molecule has 1 fully saturated rings. The standard InChI is InChI=1S/C10H19F3N2S/c1-8(7-9-3-2-4-15-9)14-5-6-16-10(11,12)13/h8-9,14-15H,2-7H2,1H3. The van der Waals surface area contributed by atoms with Crippen molar-refractivity contribution in [3.8, 4) is 0 Å². The third kappa shape index (κ3) is 6.60. The van der Waals surface area contributed by atoms with E-state index in [1.807, 2.05) is 6.92 Å². The summed E-state index contributed by atoms with van der Waals surface area (Å²) in [5.74, 6) is 0.0892. The molecule has 1 aliphatic rings. The van der Waals surface area contributed by atoms with E-state index >= 15 is 0 Å². The molecule has 2 unspecified atom stereocenters. The predicted molar refractivity (Wildman–Crippen MR) is 61.6 cm³/mol. The van der Waals surface area contributed by atoms with Crippen LogP contribution in [0, 0.1) is 0 Å². The van der Waals surface area contributed by atoms with E-state index in [2.05, 4.69) is 10.6 Å². The molecule has 0 saturated carbocycles. The van der Waals surface area contributed by atoms with Crippen LogP contribution >= 0.6 is 11.8 Å². The maximum Gasteiger partial charge on any atom is 0.441 e. The largest absolute Gasteiger partial charge is 0.441 e. The maximum atomic E-state index is 11.8. The molecule has 6 heteroatoms. The normalized spacial score (nSPS) is 23.6. The van der Waals surface area contributed by atoms with Gasteiger partial charge in [0.1, 0.15) is 0 Å². The van der Waals surface area contributed by atoms with Crippen molar-refractivity contribution in [1.29, 1.82) is 0 Å². The Morgan fingerprint density at radius 1 is 1.50 bits per heavy atom. The molecule has 0 radical (unpaired) electrons. The van der Waals surface area contributed by atoms with Gasteiger partial charge in [0.25, 0.3) is 0 Å². The van der Waals surface area contributed by atoms with E-state index in [1.54, 1.807) is 0 Å². The molecule has 1 heterocycles. The highest BCUT2D eigenvalue weighted by Gasteiger charge is 2.27. The molecule has 0 bridgehead atoms. The minimum Gasteiger partial charge on any atom is -0.314 e. The molecule has 1 aliphatic heterocycles. The Hall–Kier alpha value is 0.0600. The van der Waals surface area contributed by atoms with Gasteiger partial charge in [-0.15, -0.1) is 0 Å². The fourth-order valence-corrected chi connectivity index (χ4v) is 2.39. The van der Waals surface area contributed by atoms with Gasteiger partial charge >= 0.3 is 5.51 Å². The number of alkyl halides is 3. The average Bonchev–Trinajstić information content (AvgIpc) is 2.63. The third-order valence-electron chi connectivity index (χ3n) is 2.66. The van der Waals surface area contributed by atoms with E-state index in [0.717, 1.165) is 13.0 Å². The molecule has 0 spiro atoms. The summed E-state index contributed by atoms with van der Waals surface area (Å²) in [7, 11) is 0. The first-order valence-electron chi connectivity index (χ1n) is 5.65. The van der Waals surface area contributed by atoms with E-state index in [1.165, 1.54) is 12.8 Å². The van der Waals surface area contributed by atoms with Crippen LogP contribution in [0.1, 0.15) is 26.2 Å². The van der Waals surface area contributed by atoms with E-state index in [4.69, 9.17) is 0 Å². The molecule has 2 atom stereocenters. The smallest absolute Gasteiger partial charge is 0.314 e. The van der Waals surface area contributed by atoms with Crippen molar-refractivity contribution in [3.63, 3.8) is 0 Å². The number of rotatable bonds is 6. The third-order valence-corrected chi connectivity index (χ3v) is 3.40. The van der Waals surface area contributed by atoms with Gasteiger partial charge in [-0.1, -0.05) is 0 Å². The summed E-state index contributed by atoms with van der Waals surface area (Å²) >= 11 is 0.0402. The van der Waals surface area contributed by atoms with E-state index < -0.39 is 5.51 Å². The summed E-state index contributed by atoms with van der Waals surface area (Å²) in [6.45, 7) is 3.51. The summed E-state index contributed by atoms with van der Waals surface area (Å²) in [6.07, 6.45) is 3.39. The zero-order valence-corrected chi connectivity index (χ0v) is 10.3. The van der Waals surface area contributed by atoms with Crippen LogP contribution in [0.4, 0.5) is 13.2 Å². The zero-order valence-electron chi connectivity index (χ0n) is 9.44. The summed E-state index contributed by atoms with van der Waals surface area (Å²) in [4.78, 5) is 0. The predicted octanol–water partition coefficient (Wildman–Crippen LogP) is 2.36. The van der Waals surface area contributed by atoms with Crippen molar-refractivity contribution in [2.45, 2.75) is 43.8 Å². The lowest BCUT2D eigenvalue weighted by Crippen LogP contribution is -2.35. The highest BCUT2D eigenvalue weighted by atomic mass is 32.2. The van der Waals surface area contributed by atoms with Crippen LogP contribution in [0.25, 0.3) is 0 Å². The topological polar surface area (TPSA) is 24.1 Å². The van der Waals surface area contributed by atoms with E-state index in [-0.39, 0.29) is 23.6 Å². The summed E-state index contributed by atoms with van der Waals surface area (Å²) < 4.78 is 35.5. The van der Waals surface area contributed by atoms with Crippen LogP contribution in [-0.4, -0.2) is 36.4 Å². The van der Waals surface area contributed by atoms with Gasteiger partial charge < -0.3 is 10.6 Å². The lowest BCUT2D eigenvalue weighted by atomic mass is 10.1. The molecule has 0 aromatic carbocycles. The minimum absolute atomic E-state index is 0.0402. The molecule has 1 rings (SSSR count). The van der Waals surface area contributed by atoms with E-state index in [0.29, 0.717) is 12.6 Å². The van der Waals surface area contributed by atoms with Gasteiger partial charge in [-0.2, -0.15) is 13.2 Å². The van der Waals surface area contributed by atoms with E-state index in [9.17, 15) is 13.2 Å². The summed E-state index contributed by atoms with van der Waals surface area (Å²) in [5.41, 5.74) is -4.10. The molecule has 16 heavy (non-hydrogen) atoms. The lowest BCUT2D eigenvalue weighted by molar-refractivity contribution is -0.0327. The Morgan fingerprint density at radius 2 is 2.25 bits per heavy atom. The monoisotopic (exact) mass is 256 g/mol. The van der Waals surface area contributed by atoms with Crippen molar-refractivity contribution < 1.29 is 13.2 Å². The van der Waals surface area contributed by atoms with Crippen molar-refractivity contribution in [1.82, 2.24) is 10.6 Å². The zero-order chi connectivity index (χ0) is 12.0. The first kappa shape index (κ1) is 14.1. The first-order chi connectivity index (χ1) is 7.47. The minimum atomic E-state index is -4.10. The molecule has 2 N–H and O–H groups in total. The molecule has 0 aromatic heterocycles. The van der Waals surface area contributed by atoms with Crippen LogP contribution in [0.3, 0.4) is 0 Å². The van der Waals surface area contributed by atoms with Gasteiger partial charge in [0.2, 0.25) is 0 Å². The van der Waals surface area contributed by atoms with Crippen LogP contribution in [-0.2, 0) is 0 Å². The average molecular weight is 256 g/mol. The second-order valence-corrected chi connectivity index (χ2v) is 5.34. The SMILES string of the molecule is CC(CC1CCCN1)NCCSC(F)(F)F. The first-order valence-corrected chi connectivity index (χ1v) is 6.63. The van der Waals surface area contributed by atoms with Gasteiger partial charge in [-0.25, -0.2) is 0 Å². The lowest BCUT2D eigenvalue weighted by Gasteiger charge is -2.18. The number of thioether (sulfide) groups is 1. The highest BCUT2D eigenvalue weighted by molar-refractivity contribution is 8.00. The Balaban J connectivity index is 1.99. The molecular weight excluding hydrogens is 237 g/mol. The molecule has 96 valence electrons. The van der Waals surface area contributed by atoms with Crippen molar-refractivity contribution in [2.75, 3.05) is 18.8 Å². The summed E-state index contributed by atoms with van der Waals surface area (Å²) in [5, 5.41) is 6.50. The van der Waals surface area contributed by atoms with Gasteiger partial charge in [0, 0.05) is 24.4 Å². The fourth-order valence-electron chi connectivity index (χ4n) is 1.94. The van der Waals surface area contributed by atoms with Gasteiger partial charge in [0.05, 0.1) is 0 Å². The molecule has 2 nitrogen and oxygen atoms in total. The quantitative estimate of drug-likeness (QED) is 0.713.